The average Bonchev–Trinajstić information content (AvgIpc) is 2.69. The number of nitrogens with zero attached hydrogens (tertiary/aromatic N) is 1. The van der Waals surface area contributed by atoms with Gasteiger partial charge in [-0.3, -0.25) is 9.69 Å². The highest BCUT2D eigenvalue weighted by atomic mass is 32.2. The van der Waals surface area contributed by atoms with Gasteiger partial charge >= 0.3 is 0 Å². The molecule has 1 N–H and O–H groups in total. The molecule has 0 bridgehead atoms. The fraction of sp³-hybridized carbons (Fsp3) is 0.381. The van der Waals surface area contributed by atoms with Crippen molar-refractivity contribution in [3.05, 3.63) is 54.1 Å². The third-order valence-electron chi connectivity index (χ3n) is 4.20. The molecule has 1 atom stereocenters. The predicted octanol–water partition coefficient (Wildman–Crippen LogP) is 3.11. The third kappa shape index (κ3) is 6.36. The Labute approximate surface area is 164 Å². The minimum Gasteiger partial charge on any atom is -0.491 e. The number of hydrogen-bond donors (Lipinski definition) is 1. The number of rotatable bonds is 8. The number of morpholine rings is 1. The topological polar surface area (TPSA) is 59.0 Å². The van der Waals surface area contributed by atoms with Gasteiger partial charge in [0.15, 0.2) is 5.78 Å². The molecule has 1 fully saturated rings. The van der Waals surface area contributed by atoms with E-state index >= 15 is 0 Å². The van der Waals surface area contributed by atoms with Crippen LogP contribution in [0.15, 0.2) is 58.3 Å². The van der Waals surface area contributed by atoms with Gasteiger partial charge in [0.05, 0.1) is 25.9 Å². The first-order chi connectivity index (χ1) is 13.1. The summed E-state index contributed by atoms with van der Waals surface area (Å²) in [6.45, 7) is 5.46. The van der Waals surface area contributed by atoms with Crippen LogP contribution in [0.5, 0.6) is 5.75 Å². The number of ketones is 1. The summed E-state index contributed by atoms with van der Waals surface area (Å²) in [5.41, 5.74) is 0.743. The molecule has 0 saturated carbocycles. The maximum absolute atomic E-state index is 12.4. The highest BCUT2D eigenvalue weighted by Gasteiger charge is 2.15. The van der Waals surface area contributed by atoms with E-state index in [2.05, 4.69) is 4.90 Å². The second-order valence-electron chi connectivity index (χ2n) is 6.57. The zero-order valence-corrected chi connectivity index (χ0v) is 16.3. The minimum atomic E-state index is -0.483. The van der Waals surface area contributed by atoms with E-state index in [1.165, 1.54) is 0 Å². The van der Waals surface area contributed by atoms with Crippen LogP contribution >= 0.6 is 11.8 Å². The summed E-state index contributed by atoms with van der Waals surface area (Å²) in [6.07, 6.45) is -0.483. The Morgan fingerprint density at radius 1 is 1.11 bits per heavy atom. The molecule has 2 aromatic carbocycles. The van der Waals surface area contributed by atoms with E-state index in [1.807, 2.05) is 48.5 Å². The SMILES string of the molecule is CC(O)COc1ccc(Sc2ccc(C(=O)CN3CCOCC3)cc2)cc1. The van der Waals surface area contributed by atoms with Gasteiger partial charge in [0, 0.05) is 28.4 Å². The summed E-state index contributed by atoms with van der Waals surface area (Å²) < 4.78 is 10.8. The Bertz CT molecular complexity index is 725. The summed E-state index contributed by atoms with van der Waals surface area (Å²) in [5.74, 6) is 0.886. The lowest BCUT2D eigenvalue weighted by atomic mass is 10.1. The number of hydrogen-bond acceptors (Lipinski definition) is 6. The maximum Gasteiger partial charge on any atom is 0.176 e. The predicted molar refractivity (Wildman–Crippen MR) is 106 cm³/mol. The Morgan fingerprint density at radius 2 is 1.70 bits per heavy atom. The molecule has 0 spiro atoms. The quantitative estimate of drug-likeness (QED) is 0.703. The fourth-order valence-corrected chi connectivity index (χ4v) is 3.54. The van der Waals surface area contributed by atoms with Crippen LogP contribution in [0.2, 0.25) is 0 Å². The van der Waals surface area contributed by atoms with Gasteiger partial charge in [-0.15, -0.1) is 0 Å². The average molecular weight is 388 g/mol. The van der Waals surface area contributed by atoms with Crippen molar-refractivity contribution >= 4 is 17.5 Å². The zero-order valence-electron chi connectivity index (χ0n) is 15.5. The minimum absolute atomic E-state index is 0.146. The van der Waals surface area contributed by atoms with Crippen LogP contribution < -0.4 is 4.74 Å². The Balaban J connectivity index is 1.53. The summed E-state index contributed by atoms with van der Waals surface area (Å²) >= 11 is 1.63. The number of ether oxygens (including phenoxy) is 2. The second-order valence-corrected chi connectivity index (χ2v) is 7.72. The van der Waals surface area contributed by atoms with Crippen LogP contribution in [-0.2, 0) is 4.74 Å². The van der Waals surface area contributed by atoms with E-state index in [1.54, 1.807) is 18.7 Å². The molecule has 0 aliphatic carbocycles. The lowest BCUT2D eigenvalue weighted by molar-refractivity contribution is 0.0371. The van der Waals surface area contributed by atoms with E-state index in [9.17, 15) is 9.90 Å². The molecule has 1 heterocycles. The van der Waals surface area contributed by atoms with Crippen molar-refractivity contribution in [2.75, 3.05) is 39.5 Å². The molecule has 5 nitrogen and oxygen atoms in total. The van der Waals surface area contributed by atoms with Crippen LogP contribution in [0.1, 0.15) is 17.3 Å². The van der Waals surface area contributed by atoms with Crippen molar-refractivity contribution in [2.45, 2.75) is 22.8 Å². The van der Waals surface area contributed by atoms with Gasteiger partial charge in [-0.1, -0.05) is 23.9 Å². The van der Waals surface area contributed by atoms with E-state index < -0.39 is 6.10 Å². The van der Waals surface area contributed by atoms with Crippen molar-refractivity contribution in [3.8, 4) is 5.75 Å². The molecule has 27 heavy (non-hydrogen) atoms. The zero-order chi connectivity index (χ0) is 19.1. The molecule has 1 aliphatic heterocycles. The molecule has 1 saturated heterocycles. The van der Waals surface area contributed by atoms with E-state index in [4.69, 9.17) is 9.47 Å². The summed E-state index contributed by atoms with van der Waals surface area (Å²) in [5, 5.41) is 9.26. The molecule has 0 amide bonds. The van der Waals surface area contributed by atoms with Gasteiger partial charge in [-0.25, -0.2) is 0 Å². The molecule has 2 aromatic rings. The van der Waals surface area contributed by atoms with Gasteiger partial charge in [0.2, 0.25) is 0 Å². The smallest absolute Gasteiger partial charge is 0.176 e. The van der Waals surface area contributed by atoms with Crippen LogP contribution in [0.25, 0.3) is 0 Å². The maximum atomic E-state index is 12.4. The largest absolute Gasteiger partial charge is 0.491 e. The van der Waals surface area contributed by atoms with E-state index in [0.717, 1.165) is 34.2 Å². The highest BCUT2D eigenvalue weighted by molar-refractivity contribution is 7.99. The molecule has 6 heteroatoms. The van der Waals surface area contributed by atoms with Crippen molar-refractivity contribution in [3.63, 3.8) is 0 Å². The summed E-state index contributed by atoms with van der Waals surface area (Å²) in [7, 11) is 0. The summed E-state index contributed by atoms with van der Waals surface area (Å²) in [4.78, 5) is 16.7. The molecule has 3 rings (SSSR count). The van der Waals surface area contributed by atoms with Gasteiger partial charge in [-0.05, 0) is 43.3 Å². The molecular formula is C21H25NO4S. The molecular weight excluding hydrogens is 362 g/mol. The number of carbonyl (C=O) groups is 1. The van der Waals surface area contributed by atoms with Crippen LogP contribution in [-0.4, -0.2) is 61.3 Å². The molecule has 0 aromatic heterocycles. The lowest BCUT2D eigenvalue weighted by Crippen LogP contribution is -2.39. The van der Waals surface area contributed by atoms with Crippen LogP contribution in [0.4, 0.5) is 0 Å². The molecule has 144 valence electrons. The molecule has 0 radical (unpaired) electrons. The van der Waals surface area contributed by atoms with Crippen LogP contribution in [0, 0.1) is 0 Å². The third-order valence-corrected chi connectivity index (χ3v) is 5.21. The molecule has 1 unspecified atom stereocenters. The number of benzene rings is 2. The second kappa shape index (κ2) is 9.90. The standard InChI is InChI=1S/C21H25NO4S/c1-16(23)15-26-18-4-8-20(9-5-18)27-19-6-2-17(3-7-19)21(24)14-22-10-12-25-13-11-22/h2-9,16,23H,10-15H2,1H3. The Kier molecular flexibility index (Phi) is 7.29. The monoisotopic (exact) mass is 387 g/mol. The number of aliphatic hydroxyl groups excluding tert-OH is 1. The first-order valence-corrected chi connectivity index (χ1v) is 9.94. The summed E-state index contributed by atoms with van der Waals surface area (Å²) in [6, 6.07) is 15.5. The Hall–Kier alpha value is -1.86. The van der Waals surface area contributed by atoms with Gasteiger partial charge in [-0.2, -0.15) is 0 Å². The van der Waals surface area contributed by atoms with Gasteiger partial charge in [0.25, 0.3) is 0 Å². The first kappa shape index (κ1) is 19.9. The van der Waals surface area contributed by atoms with Crippen molar-refractivity contribution in [2.24, 2.45) is 0 Å². The van der Waals surface area contributed by atoms with Crippen molar-refractivity contribution in [1.29, 1.82) is 0 Å². The highest BCUT2D eigenvalue weighted by Crippen LogP contribution is 2.29. The van der Waals surface area contributed by atoms with E-state index in [0.29, 0.717) is 19.8 Å². The van der Waals surface area contributed by atoms with Gasteiger partial charge in [0.1, 0.15) is 12.4 Å². The number of aliphatic hydroxyl groups is 1. The number of Topliss-reactive ketones (excluding diaryl/α,β-unsaturated/α-hetero) is 1. The number of carbonyl (C=O) groups excluding carboxylic acids is 1. The first-order valence-electron chi connectivity index (χ1n) is 9.12. The molecule has 1 aliphatic rings. The lowest BCUT2D eigenvalue weighted by Gasteiger charge is -2.25. The van der Waals surface area contributed by atoms with E-state index in [-0.39, 0.29) is 12.4 Å². The van der Waals surface area contributed by atoms with Crippen molar-refractivity contribution < 1.29 is 19.4 Å². The normalized spacial score (nSPS) is 16.1. The Morgan fingerprint density at radius 3 is 2.30 bits per heavy atom. The fourth-order valence-electron chi connectivity index (χ4n) is 2.72. The van der Waals surface area contributed by atoms with Crippen LogP contribution in [0.3, 0.4) is 0 Å². The van der Waals surface area contributed by atoms with Crippen molar-refractivity contribution in [1.82, 2.24) is 4.90 Å². The van der Waals surface area contributed by atoms with Gasteiger partial charge < -0.3 is 14.6 Å².